The largest absolute Gasteiger partial charge is 0.457 e. The van der Waals surface area contributed by atoms with Gasteiger partial charge in [0.2, 0.25) is 0 Å². The zero-order valence-corrected chi connectivity index (χ0v) is 13.0. The average Bonchev–Trinajstić information content (AvgIpc) is 2.49. The molecule has 0 fully saturated rings. The monoisotopic (exact) mass is 285 g/mol. The maximum atomic E-state index is 6.03. The van der Waals surface area contributed by atoms with Gasteiger partial charge in [-0.1, -0.05) is 31.2 Å². The number of benzene rings is 2. The fourth-order valence-electron chi connectivity index (χ4n) is 2.13. The second kappa shape index (κ2) is 7.81. The highest BCUT2D eigenvalue weighted by Gasteiger charge is 2.04. The Hall–Kier alpha value is -1.84. The molecule has 0 heterocycles. The predicted octanol–water partition coefficient (Wildman–Crippen LogP) is 4.04. The van der Waals surface area contributed by atoms with Gasteiger partial charge in [-0.2, -0.15) is 0 Å². The molecule has 0 aliphatic rings. The maximum absolute atomic E-state index is 6.03. The highest BCUT2D eigenvalue weighted by atomic mass is 16.5. The van der Waals surface area contributed by atoms with Crippen LogP contribution in [0.5, 0.6) is 11.5 Å². The summed E-state index contributed by atoms with van der Waals surface area (Å²) in [5.41, 5.74) is 3.47. The van der Waals surface area contributed by atoms with Crippen molar-refractivity contribution < 1.29 is 9.47 Å². The fourth-order valence-corrected chi connectivity index (χ4v) is 2.13. The van der Waals surface area contributed by atoms with Gasteiger partial charge in [0.25, 0.3) is 0 Å². The molecule has 0 spiro atoms. The molecule has 0 bridgehead atoms. The molecule has 2 aromatic rings. The molecule has 0 amide bonds. The van der Waals surface area contributed by atoms with Crippen LogP contribution in [0.1, 0.15) is 23.6 Å². The molecular formula is C18H23NO2. The van der Waals surface area contributed by atoms with Crippen molar-refractivity contribution in [2.45, 2.75) is 27.0 Å². The van der Waals surface area contributed by atoms with E-state index in [1.54, 1.807) is 7.11 Å². The Morgan fingerprint density at radius 3 is 2.67 bits per heavy atom. The van der Waals surface area contributed by atoms with Crippen LogP contribution >= 0.6 is 0 Å². The molecule has 2 aromatic carbocycles. The zero-order valence-electron chi connectivity index (χ0n) is 13.0. The van der Waals surface area contributed by atoms with E-state index in [0.717, 1.165) is 35.7 Å². The van der Waals surface area contributed by atoms with Crippen LogP contribution < -0.4 is 10.1 Å². The Labute approximate surface area is 126 Å². The summed E-state index contributed by atoms with van der Waals surface area (Å²) >= 11 is 0. The van der Waals surface area contributed by atoms with Crippen LogP contribution in [0.15, 0.2) is 42.5 Å². The smallest absolute Gasteiger partial charge is 0.130 e. The normalized spacial score (nSPS) is 10.6. The summed E-state index contributed by atoms with van der Waals surface area (Å²) in [7, 11) is 1.70. The van der Waals surface area contributed by atoms with E-state index >= 15 is 0 Å². The topological polar surface area (TPSA) is 30.5 Å². The molecule has 0 aliphatic heterocycles. The molecule has 0 atom stereocenters. The molecule has 0 aliphatic carbocycles. The minimum atomic E-state index is 0.594. The summed E-state index contributed by atoms with van der Waals surface area (Å²) in [6.07, 6.45) is 0. The molecule has 1 N–H and O–H groups in total. The summed E-state index contributed by atoms with van der Waals surface area (Å²) in [5, 5.41) is 3.33. The Balaban J connectivity index is 2.16. The van der Waals surface area contributed by atoms with Crippen LogP contribution in [0.4, 0.5) is 0 Å². The van der Waals surface area contributed by atoms with Crippen molar-refractivity contribution in [3.05, 3.63) is 59.2 Å². The van der Waals surface area contributed by atoms with E-state index in [1.165, 1.54) is 5.56 Å². The van der Waals surface area contributed by atoms with Crippen molar-refractivity contribution in [2.24, 2.45) is 0 Å². The molecule has 0 saturated heterocycles. The number of hydrogen-bond donors (Lipinski definition) is 1. The summed E-state index contributed by atoms with van der Waals surface area (Å²) in [5.74, 6) is 1.74. The second-order valence-corrected chi connectivity index (χ2v) is 5.06. The van der Waals surface area contributed by atoms with Gasteiger partial charge in [0.15, 0.2) is 0 Å². The summed E-state index contributed by atoms with van der Waals surface area (Å²) in [6.45, 7) is 6.58. The Morgan fingerprint density at radius 1 is 1.05 bits per heavy atom. The first kappa shape index (κ1) is 15.5. The quantitative estimate of drug-likeness (QED) is 0.832. The number of aryl methyl sites for hydroxylation is 1. The van der Waals surface area contributed by atoms with E-state index in [9.17, 15) is 0 Å². The van der Waals surface area contributed by atoms with Gasteiger partial charge in [0.05, 0.1) is 6.61 Å². The van der Waals surface area contributed by atoms with Crippen LogP contribution in [0.25, 0.3) is 0 Å². The van der Waals surface area contributed by atoms with Crippen molar-refractivity contribution in [2.75, 3.05) is 13.7 Å². The van der Waals surface area contributed by atoms with Crippen LogP contribution in [0.2, 0.25) is 0 Å². The Bertz CT molecular complexity index is 581. The lowest BCUT2D eigenvalue weighted by Gasteiger charge is -2.12. The third kappa shape index (κ3) is 4.59. The maximum Gasteiger partial charge on any atom is 0.130 e. The number of ether oxygens (including phenoxy) is 2. The number of hydrogen-bond acceptors (Lipinski definition) is 3. The highest BCUT2D eigenvalue weighted by molar-refractivity contribution is 5.41. The number of rotatable bonds is 7. The summed E-state index contributed by atoms with van der Waals surface area (Å²) in [4.78, 5) is 0. The lowest BCUT2D eigenvalue weighted by Crippen LogP contribution is -2.11. The first-order chi connectivity index (χ1) is 10.2. The van der Waals surface area contributed by atoms with E-state index in [1.807, 2.05) is 24.3 Å². The van der Waals surface area contributed by atoms with Crippen LogP contribution in [-0.2, 0) is 17.9 Å². The van der Waals surface area contributed by atoms with Crippen molar-refractivity contribution in [3.8, 4) is 11.5 Å². The average molecular weight is 285 g/mol. The zero-order chi connectivity index (χ0) is 15.1. The van der Waals surface area contributed by atoms with Gasteiger partial charge in [0.1, 0.15) is 11.5 Å². The van der Waals surface area contributed by atoms with Gasteiger partial charge in [-0.05, 0) is 48.4 Å². The van der Waals surface area contributed by atoms with E-state index in [2.05, 4.69) is 37.4 Å². The lowest BCUT2D eigenvalue weighted by molar-refractivity contribution is 0.184. The SMILES string of the molecule is CCNCc1ccc(C)c(Oc2cccc(COC)c2)c1. The first-order valence-electron chi connectivity index (χ1n) is 7.29. The standard InChI is InChI=1S/C18H23NO2/c1-4-19-12-15-9-8-14(2)18(11-15)21-17-7-5-6-16(10-17)13-20-3/h5-11,19H,4,12-13H2,1-3H3. The van der Waals surface area contributed by atoms with Gasteiger partial charge < -0.3 is 14.8 Å². The van der Waals surface area contributed by atoms with Gasteiger partial charge in [-0.3, -0.25) is 0 Å². The second-order valence-electron chi connectivity index (χ2n) is 5.06. The van der Waals surface area contributed by atoms with E-state index in [4.69, 9.17) is 9.47 Å². The highest BCUT2D eigenvalue weighted by Crippen LogP contribution is 2.27. The molecule has 3 nitrogen and oxygen atoms in total. The number of nitrogens with one attached hydrogen (secondary N) is 1. The third-order valence-electron chi connectivity index (χ3n) is 3.27. The van der Waals surface area contributed by atoms with Gasteiger partial charge >= 0.3 is 0 Å². The molecule has 0 radical (unpaired) electrons. The van der Waals surface area contributed by atoms with Gasteiger partial charge in [-0.25, -0.2) is 0 Å². The summed E-state index contributed by atoms with van der Waals surface area (Å²) in [6, 6.07) is 14.3. The van der Waals surface area contributed by atoms with Crippen molar-refractivity contribution in [3.63, 3.8) is 0 Å². The first-order valence-corrected chi connectivity index (χ1v) is 7.29. The van der Waals surface area contributed by atoms with Crippen molar-refractivity contribution >= 4 is 0 Å². The molecule has 3 heteroatoms. The molecule has 0 unspecified atom stereocenters. The van der Waals surface area contributed by atoms with Crippen molar-refractivity contribution in [1.29, 1.82) is 0 Å². The fraction of sp³-hybridized carbons (Fsp3) is 0.333. The lowest BCUT2D eigenvalue weighted by atomic mass is 10.1. The molecule has 0 saturated carbocycles. The third-order valence-corrected chi connectivity index (χ3v) is 3.27. The van der Waals surface area contributed by atoms with Crippen LogP contribution in [0.3, 0.4) is 0 Å². The molecule has 0 aromatic heterocycles. The van der Waals surface area contributed by atoms with Crippen molar-refractivity contribution in [1.82, 2.24) is 5.32 Å². The molecular weight excluding hydrogens is 262 g/mol. The van der Waals surface area contributed by atoms with Gasteiger partial charge in [-0.15, -0.1) is 0 Å². The predicted molar refractivity (Wildman–Crippen MR) is 85.8 cm³/mol. The minimum Gasteiger partial charge on any atom is -0.457 e. The van der Waals surface area contributed by atoms with Crippen LogP contribution in [-0.4, -0.2) is 13.7 Å². The van der Waals surface area contributed by atoms with E-state index < -0.39 is 0 Å². The summed E-state index contributed by atoms with van der Waals surface area (Å²) < 4.78 is 11.2. The molecule has 112 valence electrons. The van der Waals surface area contributed by atoms with Crippen LogP contribution in [0, 0.1) is 6.92 Å². The van der Waals surface area contributed by atoms with E-state index in [0.29, 0.717) is 6.61 Å². The minimum absolute atomic E-state index is 0.594. The Kier molecular flexibility index (Phi) is 5.78. The Morgan fingerprint density at radius 2 is 1.90 bits per heavy atom. The number of methoxy groups -OCH3 is 1. The van der Waals surface area contributed by atoms with E-state index in [-0.39, 0.29) is 0 Å². The molecule has 2 rings (SSSR count). The molecule has 21 heavy (non-hydrogen) atoms. The van der Waals surface area contributed by atoms with Gasteiger partial charge in [0, 0.05) is 13.7 Å².